The summed E-state index contributed by atoms with van der Waals surface area (Å²) in [6.07, 6.45) is 3.47. The summed E-state index contributed by atoms with van der Waals surface area (Å²) >= 11 is 0. The number of oxazole rings is 1. The molecule has 170 valence electrons. The molecule has 0 radical (unpaired) electrons. The summed E-state index contributed by atoms with van der Waals surface area (Å²) in [6.45, 7) is 6.76. The Bertz CT molecular complexity index is 831. The van der Waals surface area contributed by atoms with Gasteiger partial charge in [0.15, 0.2) is 6.10 Å². The van der Waals surface area contributed by atoms with Crippen molar-refractivity contribution in [1.29, 1.82) is 0 Å². The van der Waals surface area contributed by atoms with Gasteiger partial charge in [0.25, 0.3) is 0 Å². The molecule has 3 rings (SSSR count). The fraction of sp³-hybridized carbons (Fsp3) is 0.583. The highest BCUT2D eigenvalue weighted by Crippen LogP contribution is 2.27. The minimum absolute atomic E-state index is 0.0210. The van der Waals surface area contributed by atoms with E-state index < -0.39 is 12.1 Å². The Hall–Kier alpha value is -2.22. The number of hydrogen-bond acceptors (Lipinski definition) is 6. The normalized spacial score (nSPS) is 20.0. The van der Waals surface area contributed by atoms with Crippen LogP contribution in [0.5, 0.6) is 0 Å². The second-order valence-electron chi connectivity index (χ2n) is 8.14. The van der Waals surface area contributed by atoms with Gasteiger partial charge in [0.2, 0.25) is 5.89 Å². The van der Waals surface area contributed by atoms with Crippen LogP contribution in [-0.2, 0) is 25.6 Å². The number of carbonyl (C=O) groups is 1. The molecule has 1 heterocycles. The second-order valence-corrected chi connectivity index (χ2v) is 8.14. The average molecular weight is 432 g/mol. The van der Waals surface area contributed by atoms with Crippen molar-refractivity contribution >= 4 is 5.97 Å². The number of hydrogen-bond donors (Lipinski definition) is 1. The summed E-state index contributed by atoms with van der Waals surface area (Å²) in [5.41, 5.74) is 2.94. The first-order valence-corrected chi connectivity index (χ1v) is 11.1. The van der Waals surface area contributed by atoms with Crippen LogP contribution in [0.1, 0.15) is 56.0 Å². The quantitative estimate of drug-likeness (QED) is 0.552. The van der Waals surface area contributed by atoms with Gasteiger partial charge in [0.05, 0.1) is 25.4 Å². The van der Waals surface area contributed by atoms with Crippen LogP contribution in [0.4, 0.5) is 0 Å². The van der Waals surface area contributed by atoms with E-state index in [1.165, 1.54) is 5.56 Å². The second kappa shape index (κ2) is 11.4. The first-order valence-electron chi connectivity index (χ1n) is 11.1. The van der Waals surface area contributed by atoms with Crippen LogP contribution in [0.15, 0.2) is 28.7 Å². The molecule has 1 aromatic carbocycles. The molecule has 3 atom stereocenters. The zero-order valence-corrected chi connectivity index (χ0v) is 18.6. The van der Waals surface area contributed by atoms with E-state index in [1.54, 1.807) is 0 Å². The van der Waals surface area contributed by atoms with Crippen molar-refractivity contribution in [1.82, 2.24) is 4.98 Å². The van der Waals surface area contributed by atoms with Crippen LogP contribution in [0.2, 0.25) is 0 Å². The van der Waals surface area contributed by atoms with Crippen LogP contribution < -0.4 is 0 Å². The third-order valence-electron chi connectivity index (χ3n) is 5.51. The molecule has 1 fully saturated rings. The van der Waals surface area contributed by atoms with Gasteiger partial charge in [-0.2, -0.15) is 0 Å². The van der Waals surface area contributed by atoms with Gasteiger partial charge in [0, 0.05) is 12.2 Å². The number of aromatic nitrogens is 1. The molecular weight excluding hydrogens is 398 g/mol. The van der Waals surface area contributed by atoms with Crippen LogP contribution in [0.25, 0.3) is 11.5 Å². The van der Waals surface area contributed by atoms with Gasteiger partial charge in [-0.15, -0.1) is 0 Å². The lowest BCUT2D eigenvalue weighted by Crippen LogP contribution is -2.34. The lowest BCUT2D eigenvalue weighted by Gasteiger charge is -2.29. The predicted octanol–water partition coefficient (Wildman–Crippen LogP) is 4.68. The molecule has 7 nitrogen and oxygen atoms in total. The zero-order chi connectivity index (χ0) is 22.2. The summed E-state index contributed by atoms with van der Waals surface area (Å²) in [6, 6.07) is 8.08. The lowest BCUT2D eigenvalue weighted by atomic mass is 9.95. The SMILES string of the molecule is CCCOC(CO[C@@H]1CCC[C@H](OCc2nc(-c3ccc(C)cc3)oc2C)C1)C(=O)O. The van der Waals surface area contributed by atoms with E-state index in [4.69, 9.17) is 18.6 Å². The number of rotatable bonds is 11. The van der Waals surface area contributed by atoms with Crippen molar-refractivity contribution in [3.05, 3.63) is 41.3 Å². The average Bonchev–Trinajstić information content (AvgIpc) is 3.13. The Kier molecular flexibility index (Phi) is 8.63. The van der Waals surface area contributed by atoms with Crippen molar-refractivity contribution in [2.75, 3.05) is 13.2 Å². The van der Waals surface area contributed by atoms with Gasteiger partial charge in [0.1, 0.15) is 11.5 Å². The highest BCUT2D eigenvalue weighted by Gasteiger charge is 2.26. The summed E-state index contributed by atoms with van der Waals surface area (Å²) < 4.78 is 23.2. The Morgan fingerprint density at radius 2 is 1.90 bits per heavy atom. The monoisotopic (exact) mass is 431 g/mol. The first kappa shape index (κ1) is 23.4. The van der Waals surface area contributed by atoms with Gasteiger partial charge in [-0.3, -0.25) is 0 Å². The van der Waals surface area contributed by atoms with E-state index in [0.29, 0.717) is 19.1 Å². The van der Waals surface area contributed by atoms with Crippen molar-refractivity contribution in [3.63, 3.8) is 0 Å². The summed E-state index contributed by atoms with van der Waals surface area (Å²) in [7, 11) is 0. The van der Waals surface area contributed by atoms with E-state index >= 15 is 0 Å². The molecule has 1 N–H and O–H groups in total. The minimum atomic E-state index is -0.983. The highest BCUT2D eigenvalue weighted by molar-refractivity contribution is 5.72. The Morgan fingerprint density at radius 1 is 1.19 bits per heavy atom. The molecule has 0 bridgehead atoms. The maximum atomic E-state index is 11.3. The van der Waals surface area contributed by atoms with Crippen LogP contribution >= 0.6 is 0 Å². The van der Waals surface area contributed by atoms with E-state index in [-0.39, 0.29) is 18.8 Å². The topological polar surface area (TPSA) is 91.0 Å². The van der Waals surface area contributed by atoms with Crippen LogP contribution in [0.3, 0.4) is 0 Å². The maximum Gasteiger partial charge on any atom is 0.335 e. The molecule has 31 heavy (non-hydrogen) atoms. The van der Waals surface area contributed by atoms with Gasteiger partial charge in [-0.1, -0.05) is 24.6 Å². The molecule has 1 unspecified atom stereocenters. The van der Waals surface area contributed by atoms with Crippen LogP contribution in [-0.4, -0.2) is 47.6 Å². The van der Waals surface area contributed by atoms with Gasteiger partial charge < -0.3 is 23.7 Å². The number of carboxylic acid groups (broad SMARTS) is 1. The van der Waals surface area contributed by atoms with E-state index in [2.05, 4.69) is 4.98 Å². The number of nitrogens with zero attached hydrogens (tertiary/aromatic N) is 1. The molecule has 2 aromatic rings. The largest absolute Gasteiger partial charge is 0.479 e. The molecule has 0 aliphatic heterocycles. The van der Waals surface area contributed by atoms with Gasteiger partial charge >= 0.3 is 5.97 Å². The van der Waals surface area contributed by atoms with Crippen molar-refractivity contribution in [2.24, 2.45) is 0 Å². The maximum absolute atomic E-state index is 11.3. The van der Waals surface area contributed by atoms with Crippen LogP contribution in [0, 0.1) is 13.8 Å². The molecule has 1 aliphatic carbocycles. The number of ether oxygens (including phenoxy) is 3. The van der Waals surface area contributed by atoms with Gasteiger partial charge in [-0.05, 0) is 58.1 Å². The fourth-order valence-corrected chi connectivity index (χ4v) is 3.66. The zero-order valence-electron chi connectivity index (χ0n) is 18.6. The minimum Gasteiger partial charge on any atom is -0.479 e. The fourth-order valence-electron chi connectivity index (χ4n) is 3.66. The third kappa shape index (κ3) is 6.89. The molecule has 0 spiro atoms. The standard InChI is InChI=1S/C24H33NO6/c1-4-12-28-22(24(26)27)15-30-20-7-5-6-19(13-20)29-14-21-17(3)31-23(25-21)18-10-8-16(2)9-11-18/h8-11,19-20,22H,4-7,12-15H2,1-3H3,(H,26,27)/t19-,20+,22?/m0/s1. The molecular formula is C24H33NO6. The van der Waals surface area contributed by atoms with E-state index in [0.717, 1.165) is 49.1 Å². The molecule has 0 amide bonds. The third-order valence-corrected chi connectivity index (χ3v) is 5.51. The summed E-state index contributed by atoms with van der Waals surface area (Å²) in [4.78, 5) is 15.9. The Morgan fingerprint density at radius 3 is 2.58 bits per heavy atom. The van der Waals surface area contributed by atoms with Gasteiger partial charge in [-0.25, -0.2) is 9.78 Å². The molecule has 1 aromatic heterocycles. The Labute approximate surface area is 183 Å². The number of carboxylic acids is 1. The number of benzene rings is 1. The predicted molar refractivity (Wildman–Crippen MR) is 116 cm³/mol. The smallest absolute Gasteiger partial charge is 0.335 e. The summed E-state index contributed by atoms with van der Waals surface area (Å²) in [5.74, 6) is 0.382. The molecule has 7 heteroatoms. The molecule has 0 saturated heterocycles. The molecule has 1 saturated carbocycles. The number of aryl methyl sites for hydroxylation is 2. The van der Waals surface area contributed by atoms with Crippen molar-refractivity contribution in [2.45, 2.75) is 77.8 Å². The van der Waals surface area contributed by atoms with Crippen molar-refractivity contribution in [3.8, 4) is 11.5 Å². The molecule has 1 aliphatic rings. The lowest BCUT2D eigenvalue weighted by molar-refractivity contribution is -0.157. The van der Waals surface area contributed by atoms with E-state index in [9.17, 15) is 9.90 Å². The summed E-state index contributed by atoms with van der Waals surface area (Å²) in [5, 5.41) is 9.27. The first-order chi connectivity index (χ1) is 15.0. The van der Waals surface area contributed by atoms with Crippen molar-refractivity contribution < 1.29 is 28.5 Å². The highest BCUT2D eigenvalue weighted by atomic mass is 16.6. The Balaban J connectivity index is 1.49. The van der Waals surface area contributed by atoms with E-state index in [1.807, 2.05) is 45.0 Å². The number of aliphatic carboxylic acids is 1.